The van der Waals surface area contributed by atoms with Crippen LogP contribution in [0, 0.1) is 0 Å². The van der Waals surface area contributed by atoms with Gasteiger partial charge in [-0.25, -0.2) is 0 Å². The molecule has 110 valence electrons. The molecule has 1 aromatic carbocycles. The Hall–Kier alpha value is -0.870. The average molecular weight is 339 g/mol. The Morgan fingerprint density at radius 2 is 2.10 bits per heavy atom. The van der Waals surface area contributed by atoms with Crippen LogP contribution in [0.25, 0.3) is 0 Å². The molecule has 20 heavy (non-hydrogen) atoms. The minimum Gasteiger partial charge on any atom is -0.338 e. The number of halogens is 1. The molecule has 2 atom stereocenters. The quantitative estimate of drug-likeness (QED) is 0.916. The van der Waals surface area contributed by atoms with Gasteiger partial charge in [0.25, 0.3) is 0 Å². The lowest BCUT2D eigenvalue weighted by Gasteiger charge is -2.38. The Morgan fingerprint density at radius 1 is 1.40 bits per heavy atom. The van der Waals surface area contributed by atoms with Crippen LogP contribution in [-0.4, -0.2) is 29.4 Å². The van der Waals surface area contributed by atoms with Crippen LogP contribution in [0.2, 0.25) is 0 Å². The lowest BCUT2D eigenvalue weighted by atomic mass is 9.96. The van der Waals surface area contributed by atoms with E-state index in [-0.39, 0.29) is 18.0 Å². The number of aryl methyl sites for hydroxylation is 1. The molecule has 4 heteroatoms. The zero-order valence-corrected chi connectivity index (χ0v) is 13.6. The number of likely N-dealkylation sites (tertiary alicyclic amines) is 1. The standard InChI is InChI=1S/C16H23BrN2O/c1-12(18)15-4-2-3-11-19(15)16(20)10-7-13-5-8-14(17)9-6-13/h5-6,8-9,12,15H,2-4,7,10-11,18H2,1H3. The summed E-state index contributed by atoms with van der Waals surface area (Å²) in [5, 5.41) is 0. The summed E-state index contributed by atoms with van der Waals surface area (Å²) >= 11 is 3.42. The highest BCUT2D eigenvalue weighted by molar-refractivity contribution is 9.10. The Bertz CT molecular complexity index is 444. The maximum Gasteiger partial charge on any atom is 0.223 e. The van der Waals surface area contributed by atoms with E-state index < -0.39 is 0 Å². The van der Waals surface area contributed by atoms with Crippen molar-refractivity contribution in [1.29, 1.82) is 0 Å². The molecule has 1 amide bonds. The molecule has 2 N–H and O–H groups in total. The smallest absolute Gasteiger partial charge is 0.223 e. The molecule has 0 aliphatic carbocycles. The predicted octanol–water partition coefficient (Wildman–Crippen LogP) is 3.11. The number of piperidine rings is 1. The predicted molar refractivity (Wildman–Crippen MR) is 85.5 cm³/mol. The van der Waals surface area contributed by atoms with Gasteiger partial charge in [0.1, 0.15) is 0 Å². The van der Waals surface area contributed by atoms with Gasteiger partial charge >= 0.3 is 0 Å². The van der Waals surface area contributed by atoms with Crippen molar-refractivity contribution in [3.63, 3.8) is 0 Å². The summed E-state index contributed by atoms with van der Waals surface area (Å²) in [5.74, 6) is 0.245. The Balaban J connectivity index is 1.91. The summed E-state index contributed by atoms with van der Waals surface area (Å²) < 4.78 is 1.07. The molecule has 1 aromatic rings. The second kappa shape index (κ2) is 7.23. The fourth-order valence-corrected chi connectivity index (χ4v) is 3.12. The molecule has 0 aromatic heterocycles. The highest BCUT2D eigenvalue weighted by Crippen LogP contribution is 2.20. The first kappa shape index (κ1) is 15.5. The third-order valence-corrected chi connectivity index (χ3v) is 4.55. The number of carbonyl (C=O) groups excluding carboxylic acids is 1. The van der Waals surface area contributed by atoms with Gasteiger partial charge in [-0.3, -0.25) is 4.79 Å². The van der Waals surface area contributed by atoms with Gasteiger partial charge in [0.05, 0.1) is 0 Å². The molecule has 3 nitrogen and oxygen atoms in total. The van der Waals surface area contributed by atoms with E-state index in [4.69, 9.17) is 5.73 Å². The molecule has 0 radical (unpaired) electrons. The SMILES string of the molecule is CC(N)C1CCCCN1C(=O)CCc1ccc(Br)cc1. The highest BCUT2D eigenvalue weighted by atomic mass is 79.9. The Labute approximate surface area is 129 Å². The number of hydrogen-bond acceptors (Lipinski definition) is 2. The van der Waals surface area contributed by atoms with Gasteiger partial charge in [0.15, 0.2) is 0 Å². The fourth-order valence-electron chi connectivity index (χ4n) is 2.86. The molecular formula is C16H23BrN2O. The second-order valence-corrected chi connectivity index (χ2v) is 6.55. The van der Waals surface area contributed by atoms with Gasteiger partial charge in [-0.1, -0.05) is 28.1 Å². The van der Waals surface area contributed by atoms with Crippen LogP contribution in [0.4, 0.5) is 0 Å². The van der Waals surface area contributed by atoms with E-state index in [2.05, 4.69) is 28.1 Å². The van der Waals surface area contributed by atoms with Crippen molar-refractivity contribution in [3.8, 4) is 0 Å². The van der Waals surface area contributed by atoms with Gasteiger partial charge in [0.2, 0.25) is 5.91 Å². The average Bonchev–Trinajstić information content (AvgIpc) is 2.46. The molecule has 1 aliphatic rings. The molecule has 1 saturated heterocycles. The number of amides is 1. The van der Waals surface area contributed by atoms with Gasteiger partial charge in [0, 0.05) is 29.5 Å². The van der Waals surface area contributed by atoms with E-state index in [0.717, 1.165) is 30.3 Å². The first-order valence-electron chi connectivity index (χ1n) is 7.37. The van der Waals surface area contributed by atoms with Gasteiger partial charge < -0.3 is 10.6 Å². The molecule has 1 aliphatic heterocycles. The molecule has 0 spiro atoms. The van der Waals surface area contributed by atoms with E-state index in [9.17, 15) is 4.79 Å². The lowest BCUT2D eigenvalue weighted by molar-refractivity contribution is -0.135. The van der Waals surface area contributed by atoms with Crippen molar-refractivity contribution < 1.29 is 4.79 Å². The normalized spacial score (nSPS) is 20.8. The van der Waals surface area contributed by atoms with Crippen LogP contribution in [-0.2, 0) is 11.2 Å². The molecular weight excluding hydrogens is 316 g/mol. The van der Waals surface area contributed by atoms with Crippen LogP contribution in [0.3, 0.4) is 0 Å². The minimum absolute atomic E-state index is 0.0620. The molecule has 1 heterocycles. The zero-order valence-electron chi connectivity index (χ0n) is 12.0. The second-order valence-electron chi connectivity index (χ2n) is 5.64. The summed E-state index contributed by atoms with van der Waals surface area (Å²) in [6.45, 7) is 2.87. The first-order chi connectivity index (χ1) is 9.58. The highest BCUT2D eigenvalue weighted by Gasteiger charge is 2.28. The van der Waals surface area contributed by atoms with Crippen molar-refractivity contribution >= 4 is 21.8 Å². The molecule has 0 saturated carbocycles. The van der Waals surface area contributed by atoms with Crippen molar-refractivity contribution in [2.24, 2.45) is 5.73 Å². The van der Waals surface area contributed by atoms with Crippen LogP contribution in [0.5, 0.6) is 0 Å². The number of nitrogens with zero attached hydrogens (tertiary/aromatic N) is 1. The largest absolute Gasteiger partial charge is 0.338 e. The van der Waals surface area contributed by atoms with Crippen molar-refractivity contribution in [1.82, 2.24) is 4.90 Å². The molecule has 1 fully saturated rings. The summed E-state index contributed by atoms with van der Waals surface area (Å²) in [6.07, 6.45) is 4.71. The van der Waals surface area contributed by atoms with Crippen molar-refractivity contribution in [3.05, 3.63) is 34.3 Å². The minimum atomic E-state index is 0.0620. The van der Waals surface area contributed by atoms with Crippen LogP contribution in [0.15, 0.2) is 28.7 Å². The first-order valence-corrected chi connectivity index (χ1v) is 8.16. The van der Waals surface area contributed by atoms with Gasteiger partial charge in [-0.05, 0) is 50.3 Å². The van der Waals surface area contributed by atoms with Crippen LogP contribution < -0.4 is 5.73 Å². The van der Waals surface area contributed by atoms with Crippen molar-refractivity contribution in [2.75, 3.05) is 6.54 Å². The third kappa shape index (κ3) is 4.06. The summed E-state index contributed by atoms with van der Waals surface area (Å²) in [5.41, 5.74) is 7.22. The monoisotopic (exact) mass is 338 g/mol. The summed E-state index contributed by atoms with van der Waals surface area (Å²) in [7, 11) is 0. The van der Waals surface area contributed by atoms with Crippen LogP contribution >= 0.6 is 15.9 Å². The van der Waals surface area contributed by atoms with Crippen molar-refractivity contribution in [2.45, 2.75) is 51.1 Å². The number of rotatable bonds is 4. The summed E-state index contributed by atoms with van der Waals surface area (Å²) in [6, 6.07) is 8.46. The third-order valence-electron chi connectivity index (χ3n) is 4.02. The summed E-state index contributed by atoms with van der Waals surface area (Å²) in [4.78, 5) is 14.4. The topological polar surface area (TPSA) is 46.3 Å². The maximum atomic E-state index is 12.4. The molecule has 2 rings (SSSR count). The zero-order chi connectivity index (χ0) is 14.5. The van der Waals surface area contributed by atoms with Gasteiger partial charge in [-0.2, -0.15) is 0 Å². The lowest BCUT2D eigenvalue weighted by Crippen LogP contribution is -2.51. The molecule has 2 unspecified atom stereocenters. The Morgan fingerprint density at radius 3 is 2.75 bits per heavy atom. The maximum absolute atomic E-state index is 12.4. The van der Waals surface area contributed by atoms with E-state index in [1.807, 2.05) is 24.0 Å². The number of hydrogen-bond donors (Lipinski definition) is 1. The van der Waals surface area contributed by atoms with E-state index >= 15 is 0 Å². The van der Waals surface area contributed by atoms with E-state index in [0.29, 0.717) is 6.42 Å². The van der Waals surface area contributed by atoms with E-state index in [1.54, 1.807) is 0 Å². The number of carbonyl (C=O) groups is 1. The molecule has 0 bridgehead atoms. The number of benzene rings is 1. The number of nitrogens with two attached hydrogens (primary N) is 1. The van der Waals surface area contributed by atoms with Crippen LogP contribution in [0.1, 0.15) is 38.2 Å². The Kier molecular flexibility index (Phi) is 5.61. The fraction of sp³-hybridized carbons (Fsp3) is 0.562. The van der Waals surface area contributed by atoms with Gasteiger partial charge in [-0.15, -0.1) is 0 Å². The van der Waals surface area contributed by atoms with E-state index in [1.165, 1.54) is 12.0 Å².